The van der Waals surface area contributed by atoms with E-state index in [1.54, 1.807) is 12.3 Å². The molecule has 0 spiro atoms. The first kappa shape index (κ1) is 35.1. The molecule has 0 amide bonds. The van der Waals surface area contributed by atoms with Gasteiger partial charge in [0.25, 0.3) is 0 Å². The molecule has 0 saturated heterocycles. The molecule has 4 heteroatoms. The summed E-state index contributed by atoms with van der Waals surface area (Å²) in [7, 11) is 0. The third kappa shape index (κ3) is 10.4. The predicted molar refractivity (Wildman–Crippen MR) is 181 cm³/mol. The number of aryl methyl sites for hydroxylation is 1. The molecule has 1 aliphatic rings. The first-order chi connectivity index (χ1) is 20.4. The van der Waals surface area contributed by atoms with Gasteiger partial charge < -0.3 is 9.47 Å². The Bertz CT molecular complexity index is 1170. The molecule has 3 rings (SSSR count). The monoisotopic (exact) mass is 591 g/mol. The predicted octanol–water partition coefficient (Wildman–Crippen LogP) is 11.1. The van der Waals surface area contributed by atoms with Gasteiger partial charge >= 0.3 is 5.97 Å². The Kier molecular flexibility index (Phi) is 13.6. The number of aromatic nitrogens is 1. The lowest BCUT2D eigenvalue weighted by molar-refractivity contribution is 0.0508. The summed E-state index contributed by atoms with van der Waals surface area (Å²) in [6.07, 6.45) is 18.7. The van der Waals surface area contributed by atoms with Crippen LogP contribution in [0.2, 0.25) is 0 Å². The Morgan fingerprint density at radius 1 is 0.907 bits per heavy atom. The summed E-state index contributed by atoms with van der Waals surface area (Å²) in [5, 5.41) is 0. The van der Waals surface area contributed by atoms with Gasteiger partial charge in [-0.3, -0.25) is 0 Å². The lowest BCUT2D eigenvalue weighted by Crippen LogP contribution is -2.37. The fourth-order valence-electron chi connectivity index (χ4n) is 6.63. The number of rotatable bonds is 17. The van der Waals surface area contributed by atoms with Crippen molar-refractivity contribution in [2.45, 2.75) is 158 Å². The third-order valence-corrected chi connectivity index (χ3v) is 9.89. The topological polar surface area (TPSA) is 48.4 Å². The number of esters is 1. The van der Waals surface area contributed by atoms with Crippen molar-refractivity contribution in [3.63, 3.8) is 0 Å². The number of nitrogens with zero attached hydrogens (tertiary/aromatic N) is 1. The largest absolute Gasteiger partial charge is 0.487 e. The average Bonchev–Trinajstić information content (AvgIpc) is 2.97. The van der Waals surface area contributed by atoms with E-state index in [-0.39, 0.29) is 5.60 Å². The van der Waals surface area contributed by atoms with Crippen LogP contribution in [0, 0.1) is 38.5 Å². The summed E-state index contributed by atoms with van der Waals surface area (Å²) < 4.78 is 12.8. The van der Waals surface area contributed by atoms with E-state index in [1.807, 2.05) is 13.0 Å². The molecule has 1 aliphatic heterocycles. The minimum Gasteiger partial charge on any atom is -0.487 e. The zero-order valence-electron chi connectivity index (χ0n) is 29.0. The minimum absolute atomic E-state index is 0.150. The van der Waals surface area contributed by atoms with Crippen LogP contribution < -0.4 is 9.47 Å². The van der Waals surface area contributed by atoms with Gasteiger partial charge in [0.15, 0.2) is 0 Å². The molecule has 0 N–H and O–H groups in total. The molecule has 0 bridgehead atoms. The molecule has 0 aliphatic carbocycles. The van der Waals surface area contributed by atoms with E-state index < -0.39 is 5.97 Å². The first-order valence-corrected chi connectivity index (χ1v) is 17.4. The maximum absolute atomic E-state index is 13.0. The van der Waals surface area contributed by atoms with Crippen molar-refractivity contribution in [2.75, 3.05) is 0 Å². The number of hydrogen-bond donors (Lipinski definition) is 0. The highest BCUT2D eigenvalue weighted by Gasteiger charge is 2.35. The van der Waals surface area contributed by atoms with Crippen molar-refractivity contribution in [1.82, 2.24) is 4.98 Å². The summed E-state index contributed by atoms with van der Waals surface area (Å²) in [6, 6.07) is 3.77. The van der Waals surface area contributed by atoms with Crippen LogP contribution in [-0.4, -0.2) is 16.6 Å². The smallest absolute Gasteiger partial charge is 0.362 e. The molecule has 4 nitrogen and oxygen atoms in total. The average molecular weight is 592 g/mol. The molecule has 2 heterocycles. The summed E-state index contributed by atoms with van der Waals surface area (Å²) in [5.41, 5.74) is 5.60. The van der Waals surface area contributed by atoms with E-state index in [0.29, 0.717) is 11.4 Å². The van der Waals surface area contributed by atoms with Gasteiger partial charge in [-0.2, -0.15) is 0 Å². The van der Waals surface area contributed by atoms with E-state index in [0.717, 1.165) is 84.3 Å². The number of benzene rings is 1. The molecule has 1 aromatic carbocycles. The Morgan fingerprint density at radius 3 is 2.16 bits per heavy atom. The van der Waals surface area contributed by atoms with Gasteiger partial charge in [0.05, 0.1) is 0 Å². The molecule has 43 heavy (non-hydrogen) atoms. The number of pyridine rings is 1. The number of hydrogen-bond acceptors (Lipinski definition) is 4. The number of carbonyl (C=O) groups is 1. The van der Waals surface area contributed by atoms with Crippen molar-refractivity contribution in [1.29, 1.82) is 0 Å². The lowest BCUT2D eigenvalue weighted by atomic mass is 9.83. The Labute approximate surface area is 263 Å². The molecule has 2 aromatic rings. The highest BCUT2D eigenvalue weighted by atomic mass is 16.5. The van der Waals surface area contributed by atoms with Crippen LogP contribution in [0.4, 0.5) is 0 Å². The Balaban J connectivity index is 1.53. The summed E-state index contributed by atoms with van der Waals surface area (Å²) in [5.74, 6) is 3.72. The SMILES string of the molecule is CCCCc1ccc(C(=O)Oc2c(C)c(C)c3c(c2C)CC[C@@](C)(CCC[C@H](C)CCC[C@H](C)CCCC(C)C)O3)nc1. The maximum atomic E-state index is 13.0. The van der Waals surface area contributed by atoms with Crippen LogP contribution in [0.5, 0.6) is 11.5 Å². The standard InChI is InChI=1S/C39H61NO3/c1-10-11-20-33-21-22-35(40-26-33)38(41)42-36-30(6)31(7)37-34(32(36)8)23-25-39(9,43-37)24-14-19-29(5)18-13-17-28(4)16-12-15-27(2)3/h21-22,26-29H,10-20,23-25H2,1-9H3/t28-,29-,39-/m1/s1. The van der Waals surface area contributed by atoms with Crippen LogP contribution in [0.1, 0.15) is 157 Å². The zero-order chi connectivity index (χ0) is 31.6. The Hall–Kier alpha value is -2.36. The van der Waals surface area contributed by atoms with Crippen LogP contribution in [0.3, 0.4) is 0 Å². The first-order valence-electron chi connectivity index (χ1n) is 17.4. The number of ether oxygens (including phenoxy) is 2. The molecule has 240 valence electrons. The highest BCUT2D eigenvalue weighted by Crippen LogP contribution is 2.45. The fourth-order valence-corrected chi connectivity index (χ4v) is 6.63. The van der Waals surface area contributed by atoms with E-state index in [1.165, 1.54) is 56.9 Å². The Morgan fingerprint density at radius 2 is 1.56 bits per heavy atom. The van der Waals surface area contributed by atoms with E-state index in [2.05, 4.69) is 60.4 Å². The van der Waals surface area contributed by atoms with Gasteiger partial charge in [-0.15, -0.1) is 0 Å². The molecule has 0 unspecified atom stereocenters. The van der Waals surface area contributed by atoms with Gasteiger partial charge in [-0.1, -0.05) is 92.1 Å². The summed E-state index contributed by atoms with van der Waals surface area (Å²) in [6.45, 7) is 20.2. The minimum atomic E-state index is -0.399. The molecular weight excluding hydrogens is 530 g/mol. The van der Waals surface area contributed by atoms with Crippen molar-refractivity contribution in [3.8, 4) is 11.5 Å². The van der Waals surface area contributed by atoms with Gasteiger partial charge in [-0.25, -0.2) is 9.78 Å². The normalized spacial score (nSPS) is 17.8. The second kappa shape index (κ2) is 16.6. The molecule has 0 fully saturated rings. The quantitative estimate of drug-likeness (QED) is 0.136. The second-order valence-corrected chi connectivity index (χ2v) is 14.5. The third-order valence-electron chi connectivity index (χ3n) is 9.89. The summed E-state index contributed by atoms with van der Waals surface area (Å²) >= 11 is 0. The zero-order valence-corrected chi connectivity index (χ0v) is 29.0. The number of fused-ring (bicyclic) bond motifs is 1. The van der Waals surface area contributed by atoms with E-state index >= 15 is 0 Å². The van der Waals surface area contributed by atoms with Crippen LogP contribution in [-0.2, 0) is 12.8 Å². The van der Waals surface area contributed by atoms with Gasteiger partial charge in [-0.05, 0) is 112 Å². The number of carbonyl (C=O) groups excluding carboxylic acids is 1. The number of unbranched alkanes of at least 4 members (excludes halogenated alkanes) is 1. The van der Waals surface area contributed by atoms with Crippen LogP contribution >= 0.6 is 0 Å². The molecule has 3 atom stereocenters. The lowest BCUT2D eigenvalue weighted by Gasteiger charge is -2.38. The van der Waals surface area contributed by atoms with E-state index in [4.69, 9.17) is 9.47 Å². The van der Waals surface area contributed by atoms with Crippen molar-refractivity contribution in [2.24, 2.45) is 17.8 Å². The van der Waals surface area contributed by atoms with Crippen molar-refractivity contribution in [3.05, 3.63) is 51.8 Å². The maximum Gasteiger partial charge on any atom is 0.362 e. The van der Waals surface area contributed by atoms with Crippen LogP contribution in [0.15, 0.2) is 18.3 Å². The van der Waals surface area contributed by atoms with Crippen molar-refractivity contribution >= 4 is 5.97 Å². The molecular formula is C39H61NO3. The molecule has 1 aromatic heterocycles. The van der Waals surface area contributed by atoms with Gasteiger partial charge in [0, 0.05) is 11.8 Å². The molecule has 0 saturated carbocycles. The van der Waals surface area contributed by atoms with Crippen molar-refractivity contribution < 1.29 is 14.3 Å². The van der Waals surface area contributed by atoms with Crippen LogP contribution in [0.25, 0.3) is 0 Å². The fraction of sp³-hybridized carbons (Fsp3) is 0.692. The van der Waals surface area contributed by atoms with Gasteiger partial charge in [0.2, 0.25) is 0 Å². The highest BCUT2D eigenvalue weighted by molar-refractivity contribution is 5.89. The molecule has 0 radical (unpaired) electrons. The second-order valence-electron chi connectivity index (χ2n) is 14.5. The van der Waals surface area contributed by atoms with E-state index in [9.17, 15) is 4.79 Å². The summed E-state index contributed by atoms with van der Waals surface area (Å²) in [4.78, 5) is 17.4. The van der Waals surface area contributed by atoms with Gasteiger partial charge in [0.1, 0.15) is 22.8 Å².